The molecule has 14 heteroatoms. The third-order valence-corrected chi connectivity index (χ3v) is 11.2. The molecule has 7 heterocycles. The number of anilines is 2. The van der Waals surface area contributed by atoms with Gasteiger partial charge in [0.05, 0.1) is 45.5 Å². The van der Waals surface area contributed by atoms with Crippen LogP contribution in [0.15, 0.2) is 12.4 Å². The molecule has 11 nitrogen and oxygen atoms in total. The highest BCUT2D eigenvalue weighted by Crippen LogP contribution is 2.53. The van der Waals surface area contributed by atoms with Gasteiger partial charge in [-0.15, -0.1) is 11.3 Å². The van der Waals surface area contributed by atoms with Crippen LogP contribution in [0.1, 0.15) is 52.9 Å². The molecule has 4 aromatic rings. The van der Waals surface area contributed by atoms with Crippen LogP contribution in [0.25, 0.3) is 11.0 Å². The molecule has 0 bridgehead atoms. The van der Waals surface area contributed by atoms with Crippen LogP contribution in [0, 0.1) is 22.7 Å². The van der Waals surface area contributed by atoms with Gasteiger partial charge in [0, 0.05) is 42.5 Å². The summed E-state index contributed by atoms with van der Waals surface area (Å²) in [6.07, 6.45) is 6.58. The Balaban J connectivity index is 1.19. The van der Waals surface area contributed by atoms with Crippen molar-refractivity contribution in [3.63, 3.8) is 0 Å². The summed E-state index contributed by atoms with van der Waals surface area (Å²) >= 11 is 7.86. The molecule has 3 saturated heterocycles. The van der Waals surface area contributed by atoms with E-state index >= 15 is 0 Å². The predicted molar refractivity (Wildman–Crippen MR) is 159 cm³/mol. The summed E-state index contributed by atoms with van der Waals surface area (Å²) in [6, 6.07) is 4.84. The summed E-state index contributed by atoms with van der Waals surface area (Å²) < 4.78 is 22.6. The van der Waals surface area contributed by atoms with Crippen molar-refractivity contribution in [2.45, 2.75) is 55.8 Å². The fourth-order valence-corrected chi connectivity index (χ4v) is 9.14. The smallest absolute Gasteiger partial charge is 0.320 e. The van der Waals surface area contributed by atoms with E-state index in [2.05, 4.69) is 32.1 Å². The molecule has 3 N–H and O–H groups in total. The highest BCUT2D eigenvalue weighted by atomic mass is 35.5. The number of nitrogens with two attached hydrogens (primary N) is 1. The minimum atomic E-state index is -0.865. The lowest BCUT2D eigenvalue weighted by molar-refractivity contribution is 0.107. The molecule has 2 atom stereocenters. The van der Waals surface area contributed by atoms with E-state index in [1.54, 1.807) is 6.20 Å². The van der Waals surface area contributed by atoms with Crippen LogP contribution < -0.4 is 15.4 Å². The molecule has 3 aliphatic heterocycles. The molecule has 0 aromatic carbocycles. The Morgan fingerprint density at radius 2 is 2.12 bits per heavy atom. The van der Waals surface area contributed by atoms with E-state index in [4.69, 9.17) is 32.0 Å². The van der Waals surface area contributed by atoms with E-state index in [0.29, 0.717) is 82.9 Å². The summed E-state index contributed by atoms with van der Waals surface area (Å²) in [7, 11) is 0. The number of hydrogen-bond donors (Lipinski definition) is 2. The van der Waals surface area contributed by atoms with Gasteiger partial charge in [0.25, 0.3) is 0 Å². The van der Waals surface area contributed by atoms with Crippen LogP contribution >= 0.6 is 22.9 Å². The van der Waals surface area contributed by atoms with Crippen LogP contribution in [-0.2, 0) is 18.4 Å². The summed E-state index contributed by atoms with van der Waals surface area (Å²) in [6.45, 7) is 3.19. The quantitative estimate of drug-likeness (QED) is 0.328. The van der Waals surface area contributed by atoms with Crippen molar-refractivity contribution < 1.29 is 9.13 Å². The number of aromatic nitrogens is 5. The molecule has 1 aliphatic carbocycles. The first-order valence-electron chi connectivity index (χ1n) is 14.4. The van der Waals surface area contributed by atoms with Crippen molar-refractivity contribution in [2.75, 3.05) is 43.4 Å². The SMILES string of the molecule is N#Cc1c(N)sc2c1C1(CC2)CN(c2nc(OC[C@@]34CCCN3C[C@H](F)C4)nc3c2c(C#N)cn3Cc2[nH]ncc2Cl)C1. The number of rotatable bonds is 6. The van der Waals surface area contributed by atoms with Crippen molar-refractivity contribution in [3.05, 3.63) is 44.7 Å². The Kier molecular flexibility index (Phi) is 5.93. The van der Waals surface area contributed by atoms with E-state index in [1.165, 1.54) is 22.4 Å². The maximum Gasteiger partial charge on any atom is 0.320 e. The van der Waals surface area contributed by atoms with Crippen LogP contribution in [0.4, 0.5) is 15.2 Å². The summed E-state index contributed by atoms with van der Waals surface area (Å²) in [4.78, 5) is 15.2. The minimum absolute atomic E-state index is 0.186. The average Bonchev–Trinajstić information content (AvgIpc) is 3.79. The molecular weight excluding hydrogens is 591 g/mol. The highest BCUT2D eigenvalue weighted by Gasteiger charge is 2.52. The molecule has 8 rings (SSSR count). The summed E-state index contributed by atoms with van der Waals surface area (Å²) in [5, 5.41) is 28.7. The lowest BCUT2D eigenvalue weighted by Gasteiger charge is -2.49. The van der Waals surface area contributed by atoms with Gasteiger partial charge >= 0.3 is 6.01 Å². The number of thiophene rings is 1. The Bertz CT molecular complexity index is 1860. The van der Waals surface area contributed by atoms with Gasteiger partial charge < -0.3 is 19.9 Å². The van der Waals surface area contributed by atoms with Gasteiger partial charge in [0.15, 0.2) is 5.65 Å². The molecule has 220 valence electrons. The van der Waals surface area contributed by atoms with Crippen molar-refractivity contribution >= 4 is 44.8 Å². The number of H-pyrrole nitrogens is 1. The molecule has 0 radical (unpaired) electrons. The monoisotopic (exact) mass is 618 g/mol. The number of fused-ring (bicyclic) bond motifs is 4. The van der Waals surface area contributed by atoms with Crippen molar-refractivity contribution in [2.24, 2.45) is 0 Å². The fourth-order valence-electron chi connectivity index (χ4n) is 7.85. The molecule has 0 saturated carbocycles. The highest BCUT2D eigenvalue weighted by molar-refractivity contribution is 7.16. The van der Waals surface area contributed by atoms with Gasteiger partial charge in [-0.3, -0.25) is 10.00 Å². The number of nitrogens with zero attached hydrogens (tertiary/aromatic N) is 8. The second-order valence-corrected chi connectivity index (χ2v) is 13.8. The van der Waals surface area contributed by atoms with E-state index in [1.807, 2.05) is 4.57 Å². The van der Waals surface area contributed by atoms with E-state index in [-0.39, 0.29) is 17.0 Å². The number of halogens is 2. The van der Waals surface area contributed by atoms with Gasteiger partial charge in [-0.1, -0.05) is 11.6 Å². The molecule has 4 aliphatic rings. The molecule has 3 fully saturated rings. The topological polar surface area (TPSA) is 149 Å². The Hall–Kier alpha value is -3.91. The third-order valence-electron chi connectivity index (χ3n) is 9.79. The molecule has 1 spiro atoms. The molecular formula is C29H28ClFN10OS. The lowest BCUT2D eigenvalue weighted by Crippen LogP contribution is -2.59. The van der Waals surface area contributed by atoms with Crippen molar-refractivity contribution in [1.82, 2.24) is 29.6 Å². The summed E-state index contributed by atoms with van der Waals surface area (Å²) in [5.41, 5.74) is 9.00. The molecule has 0 unspecified atom stereocenters. The first kappa shape index (κ1) is 26.7. The number of nitrogens with one attached hydrogen (secondary N) is 1. The fraction of sp³-hybridized carbons (Fsp3) is 0.483. The van der Waals surface area contributed by atoms with Crippen LogP contribution in [-0.4, -0.2) is 74.1 Å². The van der Waals surface area contributed by atoms with Crippen molar-refractivity contribution in [3.8, 4) is 18.1 Å². The average molecular weight is 619 g/mol. The zero-order valence-electron chi connectivity index (χ0n) is 23.2. The van der Waals surface area contributed by atoms with Crippen LogP contribution in [0.2, 0.25) is 5.02 Å². The Morgan fingerprint density at radius 3 is 2.88 bits per heavy atom. The number of hydrogen-bond acceptors (Lipinski definition) is 10. The van der Waals surface area contributed by atoms with Gasteiger partial charge in [-0.25, -0.2) is 4.39 Å². The van der Waals surface area contributed by atoms with Gasteiger partial charge in [0.2, 0.25) is 0 Å². The largest absolute Gasteiger partial charge is 0.461 e. The number of ether oxygens (including phenoxy) is 1. The second kappa shape index (κ2) is 9.55. The Morgan fingerprint density at radius 1 is 1.26 bits per heavy atom. The van der Waals surface area contributed by atoms with Crippen LogP contribution in [0.5, 0.6) is 6.01 Å². The van der Waals surface area contributed by atoms with E-state index in [9.17, 15) is 14.9 Å². The normalized spacial score (nSPS) is 23.8. The zero-order chi connectivity index (χ0) is 29.5. The Labute approximate surface area is 255 Å². The van der Waals surface area contributed by atoms with E-state index in [0.717, 1.165) is 37.8 Å². The van der Waals surface area contributed by atoms with Gasteiger partial charge in [-0.05, 0) is 37.8 Å². The minimum Gasteiger partial charge on any atom is -0.461 e. The van der Waals surface area contributed by atoms with E-state index < -0.39 is 6.17 Å². The predicted octanol–water partition coefficient (Wildman–Crippen LogP) is 3.90. The van der Waals surface area contributed by atoms with Gasteiger partial charge in [-0.2, -0.15) is 25.6 Å². The molecule has 0 amide bonds. The number of nitrogen functional groups attached to an aromatic ring is 1. The number of aromatic amines is 1. The van der Waals surface area contributed by atoms with Crippen LogP contribution in [0.3, 0.4) is 0 Å². The molecule has 43 heavy (non-hydrogen) atoms. The maximum absolute atomic E-state index is 14.4. The second-order valence-electron chi connectivity index (χ2n) is 12.3. The molecule has 4 aromatic heterocycles. The lowest BCUT2D eigenvalue weighted by atomic mass is 9.74. The van der Waals surface area contributed by atoms with Crippen molar-refractivity contribution in [1.29, 1.82) is 10.5 Å². The summed E-state index contributed by atoms with van der Waals surface area (Å²) in [5.74, 6) is 0.613. The zero-order valence-corrected chi connectivity index (χ0v) is 24.8. The first-order valence-corrected chi connectivity index (χ1v) is 15.6. The number of nitriles is 2. The number of aryl methyl sites for hydroxylation is 1. The standard InChI is InChI=1S/C29H28ClFN10OS/c30-19-9-35-38-20(19)12-39-10-16(7-32)22-25(39)36-27(42-15-29-3-1-5-41(29)11-17(31)6-29)37-26(22)40-13-28(14-40)4-2-21-23(28)18(8-33)24(34)43-21/h9-10,17H,1-6,11-15,34H2,(H,35,38)/t17-,29+/m1/s1. The van der Waals surface area contributed by atoms with Gasteiger partial charge in [0.1, 0.15) is 35.7 Å². The first-order chi connectivity index (χ1) is 20.8. The third kappa shape index (κ3) is 3.95. The maximum atomic E-state index is 14.4. The number of alkyl halides is 1.